The summed E-state index contributed by atoms with van der Waals surface area (Å²) in [6.45, 7) is 2.86. The second kappa shape index (κ2) is 9.72. The lowest BCUT2D eigenvalue weighted by Gasteiger charge is -2.15. The molecular weight excluding hydrogens is 352 g/mol. The highest BCUT2D eigenvalue weighted by atomic mass is 16.5. The van der Waals surface area contributed by atoms with E-state index in [0.29, 0.717) is 31.1 Å². The van der Waals surface area contributed by atoms with Gasteiger partial charge in [0.05, 0.1) is 12.2 Å². The number of Topliss-reactive ketones (excluding diaryl/α,β-unsaturated/α-hetero) is 1. The molecule has 0 N–H and O–H groups in total. The van der Waals surface area contributed by atoms with Crippen LogP contribution in [0.5, 0.6) is 11.5 Å². The molecule has 144 valence electrons. The minimum absolute atomic E-state index is 0.0346. The maximum Gasteiger partial charge on any atom is 0.163 e. The van der Waals surface area contributed by atoms with Crippen LogP contribution >= 0.6 is 0 Å². The number of rotatable bonds is 9. The molecule has 0 bridgehead atoms. The lowest BCUT2D eigenvalue weighted by atomic mass is 10.0. The van der Waals surface area contributed by atoms with Crippen molar-refractivity contribution in [2.45, 2.75) is 13.5 Å². The molecule has 0 saturated heterocycles. The first kappa shape index (κ1) is 19.6. The van der Waals surface area contributed by atoms with Crippen molar-refractivity contribution in [3.05, 3.63) is 83.9 Å². The zero-order valence-electron chi connectivity index (χ0n) is 16.2. The number of para-hydroxylation sites is 1. The average molecular weight is 376 g/mol. The lowest BCUT2D eigenvalue weighted by Crippen LogP contribution is -2.07. The van der Waals surface area contributed by atoms with E-state index in [0.717, 1.165) is 22.4 Å². The molecule has 0 unspecified atom stereocenters. The zero-order valence-corrected chi connectivity index (χ0v) is 16.2. The van der Waals surface area contributed by atoms with E-state index in [4.69, 9.17) is 14.2 Å². The summed E-state index contributed by atoms with van der Waals surface area (Å²) < 4.78 is 16.9. The first-order valence-corrected chi connectivity index (χ1v) is 9.22. The van der Waals surface area contributed by atoms with Crippen LogP contribution in [-0.2, 0) is 11.3 Å². The number of hydrogen-bond acceptors (Lipinski definition) is 4. The smallest absolute Gasteiger partial charge is 0.163 e. The predicted molar refractivity (Wildman–Crippen MR) is 110 cm³/mol. The molecule has 3 aromatic rings. The number of benzene rings is 3. The van der Waals surface area contributed by atoms with Gasteiger partial charge in [0.25, 0.3) is 0 Å². The van der Waals surface area contributed by atoms with Crippen molar-refractivity contribution in [1.29, 1.82) is 0 Å². The summed E-state index contributed by atoms with van der Waals surface area (Å²) in [6, 6.07) is 23.5. The van der Waals surface area contributed by atoms with Crippen LogP contribution in [0.15, 0.2) is 72.8 Å². The Bertz CT molecular complexity index is 919. The van der Waals surface area contributed by atoms with Crippen LogP contribution in [-0.4, -0.2) is 26.1 Å². The first-order chi connectivity index (χ1) is 13.7. The molecule has 0 amide bonds. The average Bonchev–Trinajstić information content (AvgIpc) is 2.73. The van der Waals surface area contributed by atoms with Gasteiger partial charge in [0.1, 0.15) is 24.7 Å². The quantitative estimate of drug-likeness (QED) is 0.382. The van der Waals surface area contributed by atoms with Crippen LogP contribution in [0.3, 0.4) is 0 Å². The van der Waals surface area contributed by atoms with Gasteiger partial charge >= 0.3 is 0 Å². The molecule has 0 aliphatic rings. The van der Waals surface area contributed by atoms with Crippen molar-refractivity contribution >= 4 is 5.78 Å². The van der Waals surface area contributed by atoms with Gasteiger partial charge in [-0.15, -0.1) is 0 Å². The molecule has 4 nitrogen and oxygen atoms in total. The first-order valence-electron chi connectivity index (χ1n) is 9.22. The van der Waals surface area contributed by atoms with Gasteiger partial charge in [-0.1, -0.05) is 54.6 Å². The van der Waals surface area contributed by atoms with Crippen LogP contribution < -0.4 is 9.47 Å². The third-order valence-corrected chi connectivity index (χ3v) is 4.34. The third kappa shape index (κ3) is 4.99. The molecule has 0 aliphatic carbocycles. The molecule has 0 aromatic heterocycles. The van der Waals surface area contributed by atoms with Crippen molar-refractivity contribution in [2.24, 2.45) is 0 Å². The van der Waals surface area contributed by atoms with Crippen molar-refractivity contribution in [1.82, 2.24) is 0 Å². The lowest BCUT2D eigenvalue weighted by molar-refractivity contribution is 0.100. The maximum absolute atomic E-state index is 11.9. The van der Waals surface area contributed by atoms with Crippen LogP contribution in [0, 0.1) is 0 Å². The van der Waals surface area contributed by atoms with Gasteiger partial charge in [-0.3, -0.25) is 4.79 Å². The Hall–Kier alpha value is -3.11. The molecule has 3 aromatic carbocycles. The SMILES string of the molecule is COCCOc1cc(-c2ccccc2OCc2ccccc2)ccc1C(C)=O. The van der Waals surface area contributed by atoms with Gasteiger partial charge in [-0.2, -0.15) is 0 Å². The van der Waals surface area contributed by atoms with E-state index in [1.54, 1.807) is 13.2 Å². The summed E-state index contributed by atoms with van der Waals surface area (Å²) in [5.41, 5.74) is 3.54. The van der Waals surface area contributed by atoms with Crippen LogP contribution in [0.4, 0.5) is 0 Å². The van der Waals surface area contributed by atoms with Gasteiger partial charge in [-0.25, -0.2) is 0 Å². The zero-order chi connectivity index (χ0) is 19.8. The van der Waals surface area contributed by atoms with Gasteiger partial charge < -0.3 is 14.2 Å². The minimum atomic E-state index is -0.0346. The summed E-state index contributed by atoms with van der Waals surface area (Å²) in [7, 11) is 1.62. The molecule has 0 radical (unpaired) electrons. The minimum Gasteiger partial charge on any atom is -0.490 e. The molecule has 0 heterocycles. The van der Waals surface area contributed by atoms with Gasteiger partial charge in [-0.05, 0) is 36.2 Å². The molecule has 0 saturated carbocycles. The van der Waals surface area contributed by atoms with E-state index in [2.05, 4.69) is 0 Å². The van der Waals surface area contributed by atoms with E-state index in [9.17, 15) is 4.79 Å². The van der Waals surface area contributed by atoms with Crippen molar-refractivity contribution in [3.63, 3.8) is 0 Å². The van der Waals surface area contributed by atoms with Crippen LogP contribution in [0.2, 0.25) is 0 Å². The van der Waals surface area contributed by atoms with Crippen molar-refractivity contribution in [2.75, 3.05) is 20.3 Å². The molecule has 0 fully saturated rings. The van der Waals surface area contributed by atoms with Crippen molar-refractivity contribution < 1.29 is 19.0 Å². The largest absolute Gasteiger partial charge is 0.490 e. The van der Waals surface area contributed by atoms with E-state index in [1.165, 1.54) is 6.92 Å². The fourth-order valence-corrected chi connectivity index (χ4v) is 2.90. The maximum atomic E-state index is 11.9. The number of ketones is 1. The Morgan fingerprint density at radius 1 is 0.821 bits per heavy atom. The number of carbonyl (C=O) groups is 1. The molecule has 0 aliphatic heterocycles. The van der Waals surface area contributed by atoms with Crippen molar-refractivity contribution in [3.8, 4) is 22.6 Å². The predicted octanol–water partition coefficient (Wildman–Crippen LogP) is 5.16. The van der Waals surface area contributed by atoms with E-state index < -0.39 is 0 Å². The normalized spacial score (nSPS) is 10.5. The van der Waals surface area contributed by atoms with Crippen LogP contribution in [0.25, 0.3) is 11.1 Å². The molecule has 3 rings (SSSR count). The molecule has 28 heavy (non-hydrogen) atoms. The highest BCUT2D eigenvalue weighted by Crippen LogP contribution is 2.34. The summed E-state index contributed by atoms with van der Waals surface area (Å²) in [5, 5.41) is 0. The Morgan fingerprint density at radius 2 is 1.57 bits per heavy atom. The second-order valence-electron chi connectivity index (χ2n) is 6.38. The fraction of sp³-hybridized carbons (Fsp3) is 0.208. The fourth-order valence-electron chi connectivity index (χ4n) is 2.90. The summed E-state index contributed by atoms with van der Waals surface area (Å²) >= 11 is 0. The highest BCUT2D eigenvalue weighted by molar-refractivity contribution is 5.97. The Balaban J connectivity index is 1.88. The summed E-state index contributed by atoms with van der Waals surface area (Å²) in [6.07, 6.45) is 0. The van der Waals surface area contributed by atoms with Crippen LogP contribution in [0.1, 0.15) is 22.8 Å². The van der Waals surface area contributed by atoms with Gasteiger partial charge in [0.15, 0.2) is 5.78 Å². The molecule has 0 atom stereocenters. The number of methoxy groups -OCH3 is 1. The number of hydrogen-bond donors (Lipinski definition) is 0. The Labute approximate surface area is 165 Å². The van der Waals surface area contributed by atoms with E-state index >= 15 is 0 Å². The second-order valence-corrected chi connectivity index (χ2v) is 6.38. The summed E-state index contributed by atoms with van der Waals surface area (Å²) in [5.74, 6) is 1.30. The summed E-state index contributed by atoms with van der Waals surface area (Å²) in [4.78, 5) is 11.9. The number of ether oxygens (including phenoxy) is 3. The monoisotopic (exact) mass is 376 g/mol. The molecular formula is C24H24O4. The number of carbonyl (C=O) groups excluding carboxylic acids is 1. The van der Waals surface area contributed by atoms with Gasteiger partial charge in [0.2, 0.25) is 0 Å². The van der Waals surface area contributed by atoms with E-state index in [1.807, 2.05) is 66.7 Å². The topological polar surface area (TPSA) is 44.8 Å². The third-order valence-electron chi connectivity index (χ3n) is 4.34. The Morgan fingerprint density at radius 3 is 2.32 bits per heavy atom. The van der Waals surface area contributed by atoms with E-state index in [-0.39, 0.29) is 5.78 Å². The molecule has 0 spiro atoms. The highest BCUT2D eigenvalue weighted by Gasteiger charge is 2.13. The Kier molecular flexibility index (Phi) is 6.82. The molecule has 4 heteroatoms. The van der Waals surface area contributed by atoms with Gasteiger partial charge in [0, 0.05) is 12.7 Å². The standard InChI is InChI=1S/C24H24O4/c1-18(25)21-13-12-20(16-24(21)27-15-14-26-2)22-10-6-7-11-23(22)28-17-19-8-4-3-5-9-19/h3-13,16H,14-15,17H2,1-2H3.